The van der Waals surface area contributed by atoms with E-state index in [1.165, 1.54) is 5.56 Å². The van der Waals surface area contributed by atoms with Crippen LogP contribution in [0.3, 0.4) is 0 Å². The summed E-state index contributed by atoms with van der Waals surface area (Å²) in [5.41, 5.74) is 2.96. The second-order valence-electron chi connectivity index (χ2n) is 6.06. The predicted octanol–water partition coefficient (Wildman–Crippen LogP) is 3.31. The lowest BCUT2D eigenvalue weighted by molar-refractivity contribution is -0.120. The molecule has 0 saturated carbocycles. The molecule has 0 spiro atoms. The van der Waals surface area contributed by atoms with Crippen LogP contribution < -0.4 is 5.32 Å². The second-order valence-corrected chi connectivity index (χ2v) is 8.68. The van der Waals surface area contributed by atoms with Gasteiger partial charge in [0.15, 0.2) is 9.84 Å². The van der Waals surface area contributed by atoms with Crippen molar-refractivity contribution in [3.8, 4) is 0 Å². The van der Waals surface area contributed by atoms with Crippen LogP contribution in [0.15, 0.2) is 48.5 Å². The minimum Gasteiger partial charge on any atom is -0.356 e. The predicted molar refractivity (Wildman–Crippen MR) is 101 cm³/mol. The molecule has 0 aromatic heterocycles. The lowest BCUT2D eigenvalue weighted by atomic mass is 10.1. The first-order valence-electron chi connectivity index (χ1n) is 8.11. The number of hydrogen-bond acceptors (Lipinski definition) is 3. The molecule has 0 atom stereocenters. The van der Waals surface area contributed by atoms with Crippen LogP contribution in [0.25, 0.3) is 0 Å². The molecular weight excluding hydrogens is 358 g/mol. The summed E-state index contributed by atoms with van der Waals surface area (Å²) in [6, 6.07) is 14.9. The van der Waals surface area contributed by atoms with Crippen molar-refractivity contribution >= 4 is 27.3 Å². The average molecular weight is 380 g/mol. The van der Waals surface area contributed by atoms with Crippen molar-refractivity contribution in [2.24, 2.45) is 0 Å². The lowest BCUT2D eigenvalue weighted by Crippen LogP contribution is -2.27. The molecule has 0 fully saturated rings. The maximum Gasteiger partial charge on any atom is 0.221 e. The third-order valence-electron chi connectivity index (χ3n) is 3.77. The number of nitrogens with one attached hydrogen (secondary N) is 1. The molecule has 4 nitrogen and oxygen atoms in total. The van der Waals surface area contributed by atoms with E-state index in [1.807, 2.05) is 31.2 Å². The average Bonchev–Trinajstić information content (AvgIpc) is 2.55. The van der Waals surface area contributed by atoms with Crippen LogP contribution >= 0.6 is 11.6 Å². The van der Waals surface area contributed by atoms with E-state index in [0.717, 1.165) is 12.0 Å². The molecule has 0 saturated heterocycles. The van der Waals surface area contributed by atoms with E-state index in [0.29, 0.717) is 17.1 Å². The number of halogens is 1. The van der Waals surface area contributed by atoms with Gasteiger partial charge in [0.25, 0.3) is 0 Å². The fourth-order valence-corrected chi connectivity index (χ4v) is 3.93. The van der Waals surface area contributed by atoms with Crippen molar-refractivity contribution in [3.63, 3.8) is 0 Å². The Bertz CT molecular complexity index is 817. The zero-order valence-electron chi connectivity index (χ0n) is 14.2. The molecular formula is C19H22ClNO3S. The van der Waals surface area contributed by atoms with E-state index in [1.54, 1.807) is 24.3 Å². The summed E-state index contributed by atoms with van der Waals surface area (Å²) < 4.78 is 24.2. The number of amides is 1. The highest BCUT2D eigenvalue weighted by molar-refractivity contribution is 7.90. The number of sulfone groups is 1. The van der Waals surface area contributed by atoms with Gasteiger partial charge in [-0.3, -0.25) is 4.79 Å². The number of hydrogen-bond donors (Lipinski definition) is 1. The number of carbonyl (C=O) groups is 1. The van der Waals surface area contributed by atoms with Crippen LogP contribution in [0.1, 0.15) is 23.1 Å². The molecule has 0 heterocycles. The number of rotatable bonds is 8. The van der Waals surface area contributed by atoms with Crippen molar-refractivity contribution in [1.82, 2.24) is 5.32 Å². The molecule has 0 unspecified atom stereocenters. The molecule has 25 heavy (non-hydrogen) atoms. The third kappa shape index (κ3) is 7.28. The topological polar surface area (TPSA) is 63.2 Å². The summed E-state index contributed by atoms with van der Waals surface area (Å²) in [5, 5.41) is 3.27. The molecule has 0 aliphatic carbocycles. The van der Waals surface area contributed by atoms with Crippen LogP contribution in [0.2, 0.25) is 5.02 Å². The maximum absolute atomic E-state index is 12.1. The molecule has 2 aromatic rings. The Hall–Kier alpha value is -1.85. The van der Waals surface area contributed by atoms with Crippen molar-refractivity contribution < 1.29 is 13.2 Å². The van der Waals surface area contributed by atoms with Crippen molar-refractivity contribution in [3.05, 3.63) is 70.2 Å². The zero-order valence-corrected chi connectivity index (χ0v) is 15.7. The normalized spacial score (nSPS) is 11.3. The van der Waals surface area contributed by atoms with Gasteiger partial charge in [-0.2, -0.15) is 0 Å². The van der Waals surface area contributed by atoms with Crippen LogP contribution in [0.4, 0.5) is 0 Å². The maximum atomic E-state index is 12.1. The van der Waals surface area contributed by atoms with Gasteiger partial charge in [-0.05, 0) is 36.6 Å². The van der Waals surface area contributed by atoms with Crippen molar-refractivity contribution in [2.75, 3.05) is 12.3 Å². The summed E-state index contributed by atoms with van der Waals surface area (Å²) >= 11 is 5.86. The van der Waals surface area contributed by atoms with Gasteiger partial charge in [-0.25, -0.2) is 8.42 Å². The minimum atomic E-state index is -3.35. The quantitative estimate of drug-likeness (QED) is 0.765. The van der Waals surface area contributed by atoms with Gasteiger partial charge in [0, 0.05) is 18.0 Å². The summed E-state index contributed by atoms with van der Waals surface area (Å²) in [5.74, 6) is -0.526. The number of benzene rings is 2. The molecule has 0 aliphatic heterocycles. The standard InChI is InChI=1S/C19H22ClNO3S/c1-15-5-7-16(8-6-15)9-11-21-19(22)10-12-25(23,24)14-17-3-2-4-18(20)13-17/h2-8,13H,9-12,14H2,1H3,(H,21,22). The Morgan fingerprint density at radius 2 is 1.80 bits per heavy atom. The van der Waals surface area contributed by atoms with E-state index >= 15 is 0 Å². The smallest absolute Gasteiger partial charge is 0.221 e. The van der Waals surface area contributed by atoms with Crippen LogP contribution in [0, 0.1) is 6.92 Å². The molecule has 0 aliphatic rings. The lowest BCUT2D eigenvalue weighted by Gasteiger charge is -2.07. The Kier molecular flexibility index (Phi) is 7.02. The van der Waals surface area contributed by atoms with E-state index in [-0.39, 0.29) is 23.8 Å². The molecule has 1 N–H and O–H groups in total. The minimum absolute atomic E-state index is 0.0310. The van der Waals surface area contributed by atoms with Crippen molar-refractivity contribution in [2.45, 2.75) is 25.5 Å². The van der Waals surface area contributed by atoms with E-state index in [2.05, 4.69) is 5.32 Å². The van der Waals surface area contributed by atoms with Crippen molar-refractivity contribution in [1.29, 1.82) is 0 Å². The summed E-state index contributed by atoms with van der Waals surface area (Å²) in [6.45, 7) is 2.52. The second kappa shape index (κ2) is 9.02. The SMILES string of the molecule is Cc1ccc(CCNC(=O)CCS(=O)(=O)Cc2cccc(Cl)c2)cc1. The Labute approximate surface area is 154 Å². The summed E-state index contributed by atoms with van der Waals surface area (Å²) in [6.07, 6.45) is 0.693. The first-order chi connectivity index (χ1) is 11.8. The van der Waals surface area contributed by atoms with E-state index in [9.17, 15) is 13.2 Å². The van der Waals surface area contributed by atoms with Crippen LogP contribution in [-0.2, 0) is 26.8 Å². The van der Waals surface area contributed by atoms with E-state index < -0.39 is 9.84 Å². The molecule has 2 aromatic carbocycles. The van der Waals surface area contributed by atoms with Gasteiger partial charge in [0.1, 0.15) is 0 Å². The molecule has 0 bridgehead atoms. The van der Waals surface area contributed by atoms with E-state index in [4.69, 9.17) is 11.6 Å². The molecule has 6 heteroatoms. The largest absolute Gasteiger partial charge is 0.356 e. The highest BCUT2D eigenvalue weighted by Crippen LogP contribution is 2.14. The molecule has 1 amide bonds. The molecule has 134 valence electrons. The Balaban J connectivity index is 1.74. The third-order valence-corrected chi connectivity index (χ3v) is 5.61. The first kappa shape index (κ1) is 19.5. The number of aryl methyl sites for hydroxylation is 1. The fraction of sp³-hybridized carbons (Fsp3) is 0.316. The summed E-state index contributed by atoms with van der Waals surface area (Å²) in [7, 11) is -3.35. The first-order valence-corrected chi connectivity index (χ1v) is 10.3. The highest BCUT2D eigenvalue weighted by atomic mass is 35.5. The molecule has 2 rings (SSSR count). The Morgan fingerprint density at radius 3 is 2.48 bits per heavy atom. The summed E-state index contributed by atoms with van der Waals surface area (Å²) in [4.78, 5) is 11.8. The van der Waals surface area contributed by atoms with Gasteiger partial charge >= 0.3 is 0 Å². The van der Waals surface area contributed by atoms with Gasteiger partial charge < -0.3 is 5.32 Å². The fourth-order valence-electron chi connectivity index (χ4n) is 2.39. The van der Waals surface area contributed by atoms with Gasteiger partial charge in [0.05, 0.1) is 11.5 Å². The Morgan fingerprint density at radius 1 is 1.08 bits per heavy atom. The van der Waals surface area contributed by atoms with Crippen LogP contribution in [-0.4, -0.2) is 26.6 Å². The van der Waals surface area contributed by atoms with Gasteiger partial charge in [-0.1, -0.05) is 53.6 Å². The van der Waals surface area contributed by atoms with Crippen LogP contribution in [0.5, 0.6) is 0 Å². The zero-order chi connectivity index (χ0) is 18.3. The van der Waals surface area contributed by atoms with Gasteiger partial charge in [0.2, 0.25) is 5.91 Å². The molecule has 0 radical (unpaired) electrons. The van der Waals surface area contributed by atoms with Gasteiger partial charge in [-0.15, -0.1) is 0 Å². The number of carbonyl (C=O) groups excluding carboxylic acids is 1. The monoisotopic (exact) mass is 379 g/mol. The highest BCUT2D eigenvalue weighted by Gasteiger charge is 2.14.